The average Bonchev–Trinajstić information content (AvgIpc) is 2.62. The van der Waals surface area contributed by atoms with E-state index < -0.39 is 11.8 Å². The van der Waals surface area contributed by atoms with Gasteiger partial charge in [-0.15, -0.1) is 0 Å². The zero-order valence-electron chi connectivity index (χ0n) is 14.9. The van der Waals surface area contributed by atoms with E-state index in [-0.39, 0.29) is 0 Å². The summed E-state index contributed by atoms with van der Waals surface area (Å²) in [5, 5.41) is 5.29. The quantitative estimate of drug-likeness (QED) is 0.594. The van der Waals surface area contributed by atoms with Crippen LogP contribution in [-0.4, -0.2) is 18.4 Å². The number of carbonyl (C=O) groups excluding carboxylic acids is 2. The Balaban J connectivity index is 1.67. The van der Waals surface area contributed by atoms with Crippen LogP contribution in [0, 0.1) is 0 Å². The third-order valence-electron chi connectivity index (χ3n) is 4.06. The molecule has 0 radical (unpaired) electrons. The third-order valence-corrected chi connectivity index (χ3v) is 4.06. The zero-order valence-corrected chi connectivity index (χ0v) is 14.9. The molecule has 25 heavy (non-hydrogen) atoms. The van der Waals surface area contributed by atoms with Crippen LogP contribution in [0.3, 0.4) is 0 Å². The lowest BCUT2D eigenvalue weighted by Gasteiger charge is -2.09. The monoisotopic (exact) mass is 338 g/mol. The maximum absolute atomic E-state index is 11.9. The van der Waals surface area contributed by atoms with Crippen molar-refractivity contribution in [3.63, 3.8) is 0 Å². The molecule has 0 aromatic heterocycles. The Kier molecular flexibility index (Phi) is 7.20. The van der Waals surface area contributed by atoms with Gasteiger partial charge in [0.25, 0.3) is 0 Å². The highest BCUT2D eigenvalue weighted by atomic mass is 16.2. The maximum Gasteiger partial charge on any atom is 0.313 e. The predicted octanol–water partition coefficient (Wildman–Crippen LogP) is 3.89. The number of anilines is 1. The minimum absolute atomic E-state index is 0.434. The number of hydrogen-bond acceptors (Lipinski definition) is 2. The molecule has 0 aliphatic heterocycles. The number of rotatable bonds is 7. The molecule has 132 valence electrons. The van der Waals surface area contributed by atoms with Gasteiger partial charge in [0.2, 0.25) is 0 Å². The molecule has 0 aliphatic rings. The highest BCUT2D eigenvalue weighted by Crippen LogP contribution is 2.17. The normalized spacial score (nSPS) is 10.5. The Morgan fingerprint density at radius 1 is 0.880 bits per heavy atom. The highest BCUT2D eigenvalue weighted by molar-refractivity contribution is 6.39. The van der Waals surface area contributed by atoms with Gasteiger partial charge >= 0.3 is 11.8 Å². The summed E-state index contributed by atoms with van der Waals surface area (Å²) in [6.07, 6.45) is 2.80. The second kappa shape index (κ2) is 9.62. The molecule has 0 aliphatic carbocycles. The first-order valence-electron chi connectivity index (χ1n) is 8.79. The van der Waals surface area contributed by atoms with Crippen molar-refractivity contribution in [1.82, 2.24) is 5.32 Å². The zero-order chi connectivity index (χ0) is 18.1. The Bertz CT molecular complexity index is 679. The average molecular weight is 338 g/mol. The summed E-state index contributed by atoms with van der Waals surface area (Å²) in [5.74, 6) is -0.781. The summed E-state index contributed by atoms with van der Waals surface area (Å²) in [4.78, 5) is 23.7. The van der Waals surface area contributed by atoms with E-state index in [2.05, 4.69) is 36.6 Å². The molecule has 0 saturated heterocycles. The minimum atomic E-state index is -0.625. The molecule has 2 amide bonds. The van der Waals surface area contributed by atoms with Crippen molar-refractivity contribution in [1.29, 1.82) is 0 Å². The summed E-state index contributed by atoms with van der Waals surface area (Å²) in [5.41, 5.74) is 3.12. The molecule has 0 unspecified atom stereocenters. The van der Waals surface area contributed by atoms with Crippen LogP contribution in [-0.2, 0) is 16.0 Å². The van der Waals surface area contributed by atoms with Crippen LogP contribution in [0.15, 0.2) is 54.6 Å². The van der Waals surface area contributed by atoms with Gasteiger partial charge < -0.3 is 10.6 Å². The first kappa shape index (κ1) is 18.7. The van der Waals surface area contributed by atoms with Crippen LogP contribution < -0.4 is 10.6 Å². The third kappa shape index (κ3) is 6.42. The first-order valence-corrected chi connectivity index (χ1v) is 8.79. The fourth-order valence-corrected chi connectivity index (χ4v) is 2.52. The molecule has 2 rings (SSSR count). The second-order valence-corrected chi connectivity index (χ2v) is 6.43. The van der Waals surface area contributed by atoms with Gasteiger partial charge in [0.05, 0.1) is 0 Å². The molecule has 2 aromatic rings. The smallest absolute Gasteiger partial charge is 0.313 e. The van der Waals surface area contributed by atoms with E-state index in [0.717, 1.165) is 19.3 Å². The van der Waals surface area contributed by atoms with Crippen LogP contribution >= 0.6 is 0 Å². The van der Waals surface area contributed by atoms with E-state index in [4.69, 9.17) is 0 Å². The largest absolute Gasteiger partial charge is 0.348 e. The first-order chi connectivity index (χ1) is 12.1. The molecular weight excluding hydrogens is 312 g/mol. The molecule has 2 aromatic carbocycles. The van der Waals surface area contributed by atoms with E-state index in [0.29, 0.717) is 18.2 Å². The Hall–Kier alpha value is -2.62. The van der Waals surface area contributed by atoms with Crippen LogP contribution in [0.2, 0.25) is 0 Å². The fraction of sp³-hybridized carbons (Fsp3) is 0.333. The van der Waals surface area contributed by atoms with Gasteiger partial charge in [-0.25, -0.2) is 0 Å². The van der Waals surface area contributed by atoms with Crippen LogP contribution in [0.5, 0.6) is 0 Å². The molecule has 2 N–H and O–H groups in total. The van der Waals surface area contributed by atoms with Crippen LogP contribution in [0.1, 0.15) is 43.7 Å². The molecule has 4 nitrogen and oxygen atoms in total. The van der Waals surface area contributed by atoms with E-state index >= 15 is 0 Å². The second-order valence-electron chi connectivity index (χ2n) is 6.43. The molecule has 0 heterocycles. The van der Waals surface area contributed by atoms with Crippen molar-refractivity contribution in [2.45, 2.75) is 39.0 Å². The van der Waals surface area contributed by atoms with Gasteiger partial charge in [-0.1, -0.05) is 56.3 Å². The van der Waals surface area contributed by atoms with Crippen molar-refractivity contribution in [3.8, 4) is 0 Å². The van der Waals surface area contributed by atoms with Gasteiger partial charge in [0, 0.05) is 12.2 Å². The SMILES string of the molecule is CC(C)c1ccc(NC(=O)C(=O)NCCCCc2ccccc2)cc1. The molecule has 0 atom stereocenters. The summed E-state index contributed by atoms with van der Waals surface area (Å²) in [7, 11) is 0. The molecule has 0 fully saturated rings. The summed E-state index contributed by atoms with van der Waals surface area (Å²) >= 11 is 0. The lowest BCUT2D eigenvalue weighted by Crippen LogP contribution is -2.35. The number of hydrogen-bond donors (Lipinski definition) is 2. The van der Waals surface area contributed by atoms with Gasteiger partial charge in [0.1, 0.15) is 0 Å². The predicted molar refractivity (Wildman–Crippen MR) is 102 cm³/mol. The van der Waals surface area contributed by atoms with Gasteiger partial charge in [-0.05, 0) is 48.4 Å². The Morgan fingerprint density at radius 2 is 1.56 bits per heavy atom. The van der Waals surface area contributed by atoms with Crippen molar-refractivity contribution in [2.75, 3.05) is 11.9 Å². The molecule has 0 saturated carbocycles. The topological polar surface area (TPSA) is 58.2 Å². The van der Waals surface area contributed by atoms with E-state index in [1.54, 1.807) is 0 Å². The fourth-order valence-electron chi connectivity index (χ4n) is 2.52. The molecule has 0 bridgehead atoms. The van der Waals surface area contributed by atoms with E-state index in [9.17, 15) is 9.59 Å². The Morgan fingerprint density at radius 3 is 2.20 bits per heavy atom. The standard InChI is InChI=1S/C21H26N2O2/c1-16(2)18-11-13-19(14-12-18)23-21(25)20(24)22-15-7-6-10-17-8-4-3-5-9-17/h3-5,8-9,11-14,16H,6-7,10,15H2,1-2H3,(H,22,24)(H,23,25). The summed E-state index contributed by atoms with van der Waals surface area (Å²) in [6, 6.07) is 17.8. The maximum atomic E-state index is 11.9. The van der Waals surface area contributed by atoms with Crippen molar-refractivity contribution < 1.29 is 9.59 Å². The van der Waals surface area contributed by atoms with Crippen molar-refractivity contribution in [3.05, 3.63) is 65.7 Å². The number of unbranched alkanes of at least 4 members (excludes halogenated alkanes) is 1. The van der Waals surface area contributed by atoms with Gasteiger partial charge in [0.15, 0.2) is 0 Å². The van der Waals surface area contributed by atoms with Crippen molar-refractivity contribution >= 4 is 17.5 Å². The van der Waals surface area contributed by atoms with Gasteiger partial charge in [-0.2, -0.15) is 0 Å². The minimum Gasteiger partial charge on any atom is -0.348 e. The van der Waals surface area contributed by atoms with Gasteiger partial charge in [-0.3, -0.25) is 9.59 Å². The van der Waals surface area contributed by atoms with Crippen LogP contribution in [0.25, 0.3) is 0 Å². The van der Waals surface area contributed by atoms with Crippen LogP contribution in [0.4, 0.5) is 5.69 Å². The Labute approximate surface area is 149 Å². The summed E-state index contributed by atoms with van der Waals surface area (Å²) < 4.78 is 0. The van der Waals surface area contributed by atoms with E-state index in [1.807, 2.05) is 42.5 Å². The highest BCUT2D eigenvalue weighted by Gasteiger charge is 2.13. The van der Waals surface area contributed by atoms with Crippen molar-refractivity contribution in [2.24, 2.45) is 0 Å². The number of carbonyl (C=O) groups is 2. The summed E-state index contributed by atoms with van der Waals surface area (Å²) in [6.45, 7) is 4.73. The molecular formula is C21H26N2O2. The lowest BCUT2D eigenvalue weighted by molar-refractivity contribution is -0.136. The van der Waals surface area contributed by atoms with E-state index in [1.165, 1.54) is 11.1 Å². The number of benzene rings is 2. The number of amides is 2. The number of nitrogens with one attached hydrogen (secondary N) is 2. The molecule has 4 heteroatoms. The number of aryl methyl sites for hydroxylation is 1. The lowest BCUT2D eigenvalue weighted by atomic mass is 10.0. The molecule has 0 spiro atoms.